The summed E-state index contributed by atoms with van der Waals surface area (Å²) in [7, 11) is 1.39. The van der Waals surface area contributed by atoms with Crippen LogP contribution in [0.1, 0.15) is 44.9 Å². The smallest absolute Gasteiger partial charge is 0.305 e. The van der Waals surface area contributed by atoms with Crippen molar-refractivity contribution in [3.05, 3.63) is 11.1 Å². The first-order chi connectivity index (χ1) is 11.3. The van der Waals surface area contributed by atoms with Crippen molar-refractivity contribution in [3.63, 3.8) is 0 Å². The maximum atomic E-state index is 10.9. The quantitative estimate of drug-likeness (QED) is 0.295. The lowest BCUT2D eigenvalue weighted by Gasteiger charge is -1.93. The van der Waals surface area contributed by atoms with Crippen molar-refractivity contribution in [1.82, 2.24) is 0 Å². The summed E-state index contributed by atoms with van der Waals surface area (Å²) < 4.78 is 10.0. The summed E-state index contributed by atoms with van der Waals surface area (Å²) in [5.41, 5.74) is 0. The van der Waals surface area contributed by atoms with Crippen LogP contribution in [0.4, 0.5) is 0 Å². The van der Waals surface area contributed by atoms with Crippen molar-refractivity contribution < 1.29 is 14.3 Å². The first kappa shape index (κ1) is 19.4. The van der Waals surface area contributed by atoms with Crippen LogP contribution in [0.5, 0.6) is 0 Å². The molecule has 0 N–H and O–H groups in total. The number of hydrogen-bond acceptors (Lipinski definition) is 3. The first-order valence-corrected chi connectivity index (χ1v) is 8.63. The molecule has 0 aromatic carbocycles. The Balaban J connectivity index is 1.97. The van der Waals surface area contributed by atoms with Crippen LogP contribution >= 0.6 is 15.9 Å². The van der Waals surface area contributed by atoms with E-state index in [0.29, 0.717) is 18.9 Å². The summed E-state index contributed by atoms with van der Waals surface area (Å²) in [5.74, 6) is 17.4. The molecule has 0 radical (unpaired) electrons. The average Bonchev–Trinajstić information content (AvgIpc) is 3.30. The molecule has 2 atom stereocenters. The lowest BCUT2D eigenvalue weighted by atomic mass is 10.1. The zero-order valence-corrected chi connectivity index (χ0v) is 14.9. The molecule has 3 nitrogen and oxygen atoms in total. The normalized spacial score (nSPS) is 18.0. The number of methoxy groups -OCH3 is 1. The second-order valence-corrected chi connectivity index (χ2v) is 5.48. The van der Waals surface area contributed by atoms with E-state index in [1.807, 2.05) is 0 Å². The number of hydrogen-bond donors (Lipinski definition) is 0. The van der Waals surface area contributed by atoms with Crippen LogP contribution in [0.3, 0.4) is 0 Å². The minimum atomic E-state index is -0.190. The predicted octanol–water partition coefficient (Wildman–Crippen LogP) is 3.58. The Morgan fingerprint density at radius 1 is 1.22 bits per heavy atom. The molecule has 1 rings (SSSR count). The summed E-state index contributed by atoms with van der Waals surface area (Å²) in [6.45, 7) is 0. The SMILES string of the molecule is COC(=O)CCCC#CC#CCCCC[C@@H]1O[C@H]1C#CC=CBr. The van der Waals surface area contributed by atoms with E-state index in [-0.39, 0.29) is 12.1 Å². The molecule has 1 aliphatic heterocycles. The number of allylic oxidation sites excluding steroid dienone is 1. The van der Waals surface area contributed by atoms with E-state index in [2.05, 4.69) is 56.2 Å². The van der Waals surface area contributed by atoms with E-state index >= 15 is 0 Å². The molecule has 1 heterocycles. The van der Waals surface area contributed by atoms with Gasteiger partial charge in [-0.1, -0.05) is 39.6 Å². The molecule has 4 heteroatoms. The van der Waals surface area contributed by atoms with Crippen LogP contribution < -0.4 is 0 Å². The Morgan fingerprint density at radius 2 is 1.96 bits per heavy atom. The minimum Gasteiger partial charge on any atom is -0.469 e. The number of unbranched alkanes of at least 4 members (excludes halogenated alkanes) is 3. The van der Waals surface area contributed by atoms with Crippen LogP contribution in [0.25, 0.3) is 0 Å². The third-order valence-electron chi connectivity index (χ3n) is 3.14. The fourth-order valence-corrected chi connectivity index (χ4v) is 1.98. The fourth-order valence-electron chi connectivity index (χ4n) is 1.85. The highest BCUT2D eigenvalue weighted by molar-refractivity contribution is 9.11. The van der Waals surface area contributed by atoms with E-state index in [4.69, 9.17) is 4.74 Å². The van der Waals surface area contributed by atoms with E-state index in [1.54, 1.807) is 11.1 Å². The molecule has 1 fully saturated rings. The number of halogens is 1. The lowest BCUT2D eigenvalue weighted by Crippen LogP contribution is -1.98. The van der Waals surface area contributed by atoms with Gasteiger partial charge in [-0.05, 0) is 48.6 Å². The molecule has 0 aliphatic carbocycles. The Morgan fingerprint density at radius 3 is 2.65 bits per heavy atom. The molecule has 0 spiro atoms. The highest BCUT2D eigenvalue weighted by Gasteiger charge is 2.36. The highest BCUT2D eigenvalue weighted by atomic mass is 79.9. The van der Waals surface area contributed by atoms with Crippen LogP contribution in [0.15, 0.2) is 11.1 Å². The maximum absolute atomic E-state index is 10.9. The molecule has 0 amide bonds. The third-order valence-corrected chi connectivity index (χ3v) is 3.41. The lowest BCUT2D eigenvalue weighted by molar-refractivity contribution is -0.140. The number of carbonyl (C=O) groups is 1. The van der Waals surface area contributed by atoms with Gasteiger partial charge in [-0.2, -0.15) is 0 Å². The molecule has 0 unspecified atom stereocenters. The van der Waals surface area contributed by atoms with Crippen molar-refractivity contribution in [2.24, 2.45) is 0 Å². The summed E-state index contributed by atoms with van der Waals surface area (Å²) in [6, 6.07) is 0. The maximum Gasteiger partial charge on any atom is 0.305 e. The van der Waals surface area contributed by atoms with E-state index in [0.717, 1.165) is 32.1 Å². The molecule has 0 aromatic heterocycles. The van der Waals surface area contributed by atoms with Gasteiger partial charge in [0.2, 0.25) is 0 Å². The molecule has 23 heavy (non-hydrogen) atoms. The topological polar surface area (TPSA) is 38.8 Å². The third kappa shape index (κ3) is 10.6. The zero-order chi connectivity index (χ0) is 16.8. The number of carbonyl (C=O) groups excluding carboxylic acids is 1. The molecule has 1 aliphatic rings. The number of esters is 1. The summed E-state index contributed by atoms with van der Waals surface area (Å²) in [6.07, 6.45) is 8.02. The summed E-state index contributed by atoms with van der Waals surface area (Å²) in [4.78, 5) is 12.6. The fraction of sp³-hybridized carbons (Fsp3) is 0.526. The highest BCUT2D eigenvalue weighted by Crippen LogP contribution is 2.26. The molecule has 122 valence electrons. The second kappa shape index (κ2) is 12.8. The van der Waals surface area contributed by atoms with Crippen LogP contribution in [-0.4, -0.2) is 25.3 Å². The molecular weight excluding hydrogens is 356 g/mol. The van der Waals surface area contributed by atoms with Gasteiger partial charge in [0.15, 0.2) is 0 Å². The molecule has 0 saturated carbocycles. The predicted molar refractivity (Wildman–Crippen MR) is 94.4 cm³/mol. The van der Waals surface area contributed by atoms with Crippen molar-refractivity contribution in [1.29, 1.82) is 0 Å². The first-order valence-electron chi connectivity index (χ1n) is 7.72. The van der Waals surface area contributed by atoms with E-state index < -0.39 is 0 Å². The van der Waals surface area contributed by atoms with Crippen LogP contribution in [0, 0.1) is 35.5 Å². The van der Waals surface area contributed by atoms with Gasteiger partial charge in [0.1, 0.15) is 6.10 Å². The van der Waals surface area contributed by atoms with Crippen LogP contribution in [-0.2, 0) is 14.3 Å². The molecular formula is C19H21BrO3. The summed E-state index contributed by atoms with van der Waals surface area (Å²) >= 11 is 3.17. The second-order valence-electron chi connectivity index (χ2n) is 4.96. The Kier molecular flexibility index (Phi) is 10.8. The number of epoxide rings is 1. The molecule has 0 aromatic rings. The Hall–Kier alpha value is -1.67. The Labute approximate surface area is 147 Å². The van der Waals surface area contributed by atoms with Gasteiger partial charge < -0.3 is 9.47 Å². The number of ether oxygens (including phenoxy) is 2. The van der Waals surface area contributed by atoms with Gasteiger partial charge in [0, 0.05) is 19.3 Å². The average molecular weight is 377 g/mol. The number of rotatable bonds is 7. The molecule has 0 bridgehead atoms. The van der Waals surface area contributed by atoms with Gasteiger partial charge in [-0.25, -0.2) is 0 Å². The van der Waals surface area contributed by atoms with Gasteiger partial charge in [0.05, 0.1) is 13.2 Å². The monoisotopic (exact) mass is 376 g/mol. The summed E-state index contributed by atoms with van der Waals surface area (Å²) in [5, 5.41) is 0. The standard InChI is InChI=1S/C19H21BrO3/c1-22-19(21)15-10-8-6-4-2-3-5-7-9-13-17-18(23-17)14-11-12-16-20/h12,16-18H,5,7-10,13,15H2,1H3/t17-,18-/m0/s1. The van der Waals surface area contributed by atoms with Crippen LogP contribution in [0.2, 0.25) is 0 Å². The Bertz CT molecular complexity index is 575. The largest absolute Gasteiger partial charge is 0.469 e. The van der Waals surface area contributed by atoms with Gasteiger partial charge in [-0.15, -0.1) is 0 Å². The van der Waals surface area contributed by atoms with Gasteiger partial charge in [-0.3, -0.25) is 4.79 Å². The van der Waals surface area contributed by atoms with Crippen molar-refractivity contribution in [2.75, 3.05) is 7.11 Å². The van der Waals surface area contributed by atoms with Gasteiger partial charge >= 0.3 is 5.97 Å². The van der Waals surface area contributed by atoms with E-state index in [1.165, 1.54) is 7.11 Å². The zero-order valence-electron chi connectivity index (χ0n) is 13.4. The van der Waals surface area contributed by atoms with Gasteiger partial charge in [0.25, 0.3) is 0 Å². The van der Waals surface area contributed by atoms with Crippen molar-refractivity contribution in [3.8, 4) is 35.5 Å². The van der Waals surface area contributed by atoms with Crippen molar-refractivity contribution >= 4 is 21.9 Å². The van der Waals surface area contributed by atoms with E-state index in [9.17, 15) is 4.79 Å². The minimum absolute atomic E-state index is 0.112. The van der Waals surface area contributed by atoms with Crippen molar-refractivity contribution in [2.45, 2.75) is 57.2 Å². The molecule has 1 saturated heterocycles.